The number of aromatic nitrogens is 2. The molecule has 1 N–H and O–H groups in total. The molecule has 2 aromatic rings. The van der Waals surface area contributed by atoms with Gasteiger partial charge in [0.05, 0.1) is 12.6 Å². The number of carbonyl (C=O) groups is 1. The molecular formula is C18H26N4O3S. The second kappa shape index (κ2) is 9.14. The Balaban J connectivity index is 1.56. The van der Waals surface area contributed by atoms with Crippen LogP contribution in [0.25, 0.3) is 0 Å². The van der Waals surface area contributed by atoms with E-state index < -0.39 is 0 Å². The smallest absolute Gasteiger partial charge is 0.318 e. The van der Waals surface area contributed by atoms with Gasteiger partial charge in [0.1, 0.15) is 0 Å². The Morgan fingerprint density at radius 1 is 1.50 bits per heavy atom. The second-order valence-electron chi connectivity index (χ2n) is 7.01. The van der Waals surface area contributed by atoms with Gasteiger partial charge in [-0.25, -0.2) is 4.79 Å². The SMILES string of the molecule is CC(C)Cc1nc(CNC(=O)N(Cc2ccsc2)C[C@H]2CCCO2)no1. The van der Waals surface area contributed by atoms with Crippen LogP contribution in [0.4, 0.5) is 4.79 Å². The molecule has 1 atom stereocenters. The minimum absolute atomic E-state index is 0.113. The number of ether oxygens (including phenoxy) is 1. The molecule has 0 radical (unpaired) electrons. The van der Waals surface area contributed by atoms with Crippen LogP contribution < -0.4 is 5.32 Å². The highest BCUT2D eigenvalue weighted by Gasteiger charge is 2.23. The molecule has 0 saturated carbocycles. The van der Waals surface area contributed by atoms with Crippen LogP contribution >= 0.6 is 11.3 Å². The molecule has 3 heterocycles. The second-order valence-corrected chi connectivity index (χ2v) is 7.79. The fraction of sp³-hybridized carbons (Fsp3) is 0.611. The van der Waals surface area contributed by atoms with E-state index in [0.717, 1.165) is 31.4 Å². The highest BCUT2D eigenvalue weighted by Crippen LogP contribution is 2.16. The molecule has 1 fully saturated rings. The van der Waals surface area contributed by atoms with Crippen LogP contribution in [-0.2, 0) is 24.2 Å². The van der Waals surface area contributed by atoms with Crippen molar-refractivity contribution in [1.82, 2.24) is 20.4 Å². The fourth-order valence-electron chi connectivity index (χ4n) is 2.92. The van der Waals surface area contributed by atoms with Crippen molar-refractivity contribution in [3.63, 3.8) is 0 Å². The van der Waals surface area contributed by atoms with Gasteiger partial charge in [-0.3, -0.25) is 0 Å². The largest absolute Gasteiger partial charge is 0.376 e. The molecular weight excluding hydrogens is 352 g/mol. The Labute approximate surface area is 157 Å². The standard InChI is InChI=1S/C18H26N4O3S/c1-13(2)8-17-20-16(21-25-17)9-19-18(23)22(10-14-5-7-26-12-14)11-15-4-3-6-24-15/h5,7,12-13,15H,3-4,6,8-11H2,1-2H3,(H,19,23)/t15-/m1/s1. The molecule has 3 rings (SSSR count). The Kier molecular flexibility index (Phi) is 6.62. The fourth-order valence-corrected chi connectivity index (χ4v) is 3.58. The first kappa shape index (κ1) is 18.8. The topological polar surface area (TPSA) is 80.5 Å². The van der Waals surface area contributed by atoms with Gasteiger partial charge in [-0.2, -0.15) is 16.3 Å². The third-order valence-electron chi connectivity index (χ3n) is 4.18. The summed E-state index contributed by atoms with van der Waals surface area (Å²) in [7, 11) is 0. The van der Waals surface area contributed by atoms with E-state index in [-0.39, 0.29) is 18.7 Å². The van der Waals surface area contributed by atoms with Gasteiger partial charge in [0.25, 0.3) is 0 Å². The van der Waals surface area contributed by atoms with Gasteiger partial charge in [-0.1, -0.05) is 19.0 Å². The lowest BCUT2D eigenvalue weighted by atomic mass is 10.1. The van der Waals surface area contributed by atoms with Gasteiger partial charge in [-0.05, 0) is 41.1 Å². The lowest BCUT2D eigenvalue weighted by molar-refractivity contribution is 0.0794. The van der Waals surface area contributed by atoms with Crippen LogP contribution in [0.3, 0.4) is 0 Å². The molecule has 2 aromatic heterocycles. The molecule has 142 valence electrons. The summed E-state index contributed by atoms with van der Waals surface area (Å²) in [5.41, 5.74) is 1.13. The molecule has 0 unspecified atom stereocenters. The quantitative estimate of drug-likeness (QED) is 0.763. The van der Waals surface area contributed by atoms with Gasteiger partial charge in [0, 0.05) is 26.1 Å². The van der Waals surface area contributed by atoms with Crippen molar-refractivity contribution in [2.75, 3.05) is 13.2 Å². The molecule has 2 amide bonds. The third-order valence-corrected chi connectivity index (χ3v) is 4.91. The summed E-state index contributed by atoms with van der Waals surface area (Å²) in [6.07, 6.45) is 2.91. The predicted octanol–water partition coefficient (Wildman–Crippen LogP) is 3.22. The summed E-state index contributed by atoms with van der Waals surface area (Å²) in [6, 6.07) is 1.90. The van der Waals surface area contributed by atoms with Crippen molar-refractivity contribution in [3.05, 3.63) is 34.1 Å². The number of hydrogen-bond acceptors (Lipinski definition) is 6. The summed E-state index contributed by atoms with van der Waals surface area (Å²) in [6.45, 7) is 6.39. The van der Waals surface area contributed by atoms with Crippen molar-refractivity contribution < 1.29 is 14.1 Å². The van der Waals surface area contributed by atoms with Crippen LogP contribution in [0.2, 0.25) is 0 Å². The third kappa shape index (κ3) is 5.54. The van der Waals surface area contributed by atoms with E-state index in [4.69, 9.17) is 9.26 Å². The molecule has 1 aliphatic heterocycles. The zero-order chi connectivity index (χ0) is 18.4. The van der Waals surface area contributed by atoms with Crippen LogP contribution in [-0.4, -0.2) is 40.3 Å². The van der Waals surface area contributed by atoms with Gasteiger partial charge in [-0.15, -0.1) is 0 Å². The van der Waals surface area contributed by atoms with E-state index in [0.29, 0.717) is 30.7 Å². The van der Waals surface area contributed by atoms with E-state index >= 15 is 0 Å². The maximum Gasteiger partial charge on any atom is 0.318 e. The number of nitrogens with one attached hydrogen (secondary N) is 1. The van der Waals surface area contributed by atoms with Crippen LogP contribution in [0.15, 0.2) is 21.3 Å². The Morgan fingerprint density at radius 3 is 3.08 bits per heavy atom. The highest BCUT2D eigenvalue weighted by molar-refractivity contribution is 7.07. The van der Waals surface area contributed by atoms with E-state index in [9.17, 15) is 4.79 Å². The first-order chi connectivity index (χ1) is 12.6. The van der Waals surface area contributed by atoms with E-state index in [1.807, 2.05) is 11.4 Å². The number of rotatable bonds is 8. The zero-order valence-corrected chi connectivity index (χ0v) is 16.1. The number of nitrogens with zero attached hydrogens (tertiary/aromatic N) is 3. The first-order valence-corrected chi connectivity index (χ1v) is 10.0. The predicted molar refractivity (Wildman–Crippen MR) is 98.8 cm³/mol. The van der Waals surface area contributed by atoms with Crippen molar-refractivity contribution in [2.45, 2.75) is 52.3 Å². The van der Waals surface area contributed by atoms with Crippen LogP contribution in [0, 0.1) is 5.92 Å². The molecule has 0 spiro atoms. The minimum Gasteiger partial charge on any atom is -0.376 e. The number of carbonyl (C=O) groups excluding carboxylic acids is 1. The number of hydrogen-bond donors (Lipinski definition) is 1. The number of amides is 2. The summed E-state index contributed by atoms with van der Waals surface area (Å²) in [5.74, 6) is 1.56. The van der Waals surface area contributed by atoms with Crippen molar-refractivity contribution in [2.24, 2.45) is 5.92 Å². The summed E-state index contributed by atoms with van der Waals surface area (Å²) >= 11 is 1.63. The van der Waals surface area contributed by atoms with Crippen molar-refractivity contribution >= 4 is 17.4 Å². The lowest BCUT2D eigenvalue weighted by Crippen LogP contribution is -2.43. The average Bonchev–Trinajstić information content (AvgIpc) is 3.34. The molecule has 0 bridgehead atoms. The Hall–Kier alpha value is -1.93. The summed E-state index contributed by atoms with van der Waals surface area (Å²) in [4.78, 5) is 18.8. The maximum atomic E-state index is 12.7. The number of thiophene rings is 1. The van der Waals surface area contributed by atoms with E-state index in [2.05, 4.69) is 34.7 Å². The summed E-state index contributed by atoms with van der Waals surface area (Å²) in [5, 5.41) is 10.9. The van der Waals surface area contributed by atoms with Gasteiger partial charge >= 0.3 is 6.03 Å². The van der Waals surface area contributed by atoms with Crippen molar-refractivity contribution in [1.29, 1.82) is 0 Å². The zero-order valence-electron chi connectivity index (χ0n) is 15.3. The molecule has 1 saturated heterocycles. The van der Waals surface area contributed by atoms with Crippen molar-refractivity contribution in [3.8, 4) is 0 Å². The van der Waals surface area contributed by atoms with Gasteiger partial charge in [0.15, 0.2) is 5.82 Å². The first-order valence-electron chi connectivity index (χ1n) is 9.07. The summed E-state index contributed by atoms with van der Waals surface area (Å²) < 4.78 is 10.9. The molecule has 1 aliphatic rings. The van der Waals surface area contributed by atoms with Crippen LogP contribution in [0.1, 0.15) is 44.0 Å². The Bertz CT molecular complexity index is 680. The van der Waals surface area contributed by atoms with Crippen LogP contribution in [0.5, 0.6) is 0 Å². The van der Waals surface area contributed by atoms with E-state index in [1.54, 1.807) is 16.2 Å². The highest BCUT2D eigenvalue weighted by atomic mass is 32.1. The van der Waals surface area contributed by atoms with Gasteiger partial charge < -0.3 is 19.5 Å². The number of urea groups is 1. The molecule has 0 aliphatic carbocycles. The lowest BCUT2D eigenvalue weighted by Gasteiger charge is -2.25. The van der Waals surface area contributed by atoms with E-state index in [1.165, 1.54) is 0 Å². The monoisotopic (exact) mass is 378 g/mol. The molecule has 26 heavy (non-hydrogen) atoms. The van der Waals surface area contributed by atoms with Gasteiger partial charge in [0.2, 0.25) is 5.89 Å². The Morgan fingerprint density at radius 2 is 2.38 bits per heavy atom. The normalized spacial score (nSPS) is 17.0. The molecule has 8 heteroatoms. The average molecular weight is 378 g/mol. The molecule has 7 nitrogen and oxygen atoms in total. The maximum absolute atomic E-state index is 12.7. The minimum atomic E-state index is -0.137. The molecule has 0 aromatic carbocycles.